The molecule has 1 saturated carbocycles. The molecule has 0 saturated heterocycles. The third kappa shape index (κ3) is 5.37. The summed E-state index contributed by atoms with van der Waals surface area (Å²) < 4.78 is 5.49. The van der Waals surface area contributed by atoms with Crippen LogP contribution >= 0.6 is 0 Å². The summed E-state index contributed by atoms with van der Waals surface area (Å²) in [5.74, 6) is -0.502. The highest BCUT2D eigenvalue weighted by atomic mass is 16.5. The van der Waals surface area contributed by atoms with Gasteiger partial charge in [-0.15, -0.1) is 0 Å². The number of phenolic OH excluding ortho intramolecular Hbond substituents is 2. The fourth-order valence-electron chi connectivity index (χ4n) is 4.67. The van der Waals surface area contributed by atoms with Gasteiger partial charge in [0.15, 0.2) is 11.5 Å². The first kappa shape index (κ1) is 25.6. The number of anilines is 1. The standard InChI is InChI=1S/C26H37N3O5/c1-7-27-25(33)22-21(28-24(32)15-8-10-16(11-9-15)26(4,5)6)23(34-29-22)18-12-17(14(2)3)19(30)13-20(18)31/h12-16,30-31H,7-11H2,1-6H3,(H,27,33)(H,28,32). The van der Waals surface area contributed by atoms with E-state index < -0.39 is 5.91 Å². The van der Waals surface area contributed by atoms with E-state index in [-0.39, 0.29) is 57.4 Å². The number of hydrogen-bond donors (Lipinski definition) is 4. The van der Waals surface area contributed by atoms with E-state index in [2.05, 4.69) is 36.6 Å². The van der Waals surface area contributed by atoms with Crippen LogP contribution in [0, 0.1) is 17.3 Å². The molecule has 2 aromatic rings. The summed E-state index contributed by atoms with van der Waals surface area (Å²) in [6.45, 7) is 12.7. The number of carbonyl (C=O) groups is 2. The SMILES string of the molecule is CCNC(=O)c1noc(-c2cc(C(C)C)c(O)cc2O)c1NC(=O)C1CCC(C(C)(C)C)CC1. The van der Waals surface area contributed by atoms with E-state index >= 15 is 0 Å². The van der Waals surface area contributed by atoms with Crippen LogP contribution in [0.5, 0.6) is 11.5 Å². The van der Waals surface area contributed by atoms with Crippen LogP contribution in [0.15, 0.2) is 16.7 Å². The molecule has 8 heteroatoms. The smallest absolute Gasteiger partial charge is 0.275 e. The second kappa shape index (κ2) is 10.1. The van der Waals surface area contributed by atoms with Gasteiger partial charge in [0.25, 0.3) is 5.91 Å². The molecule has 186 valence electrons. The monoisotopic (exact) mass is 471 g/mol. The Morgan fingerprint density at radius 3 is 2.32 bits per heavy atom. The number of carbonyl (C=O) groups excluding carboxylic acids is 2. The van der Waals surface area contributed by atoms with Crippen LogP contribution in [0.4, 0.5) is 5.69 Å². The van der Waals surface area contributed by atoms with Gasteiger partial charge in [0.1, 0.15) is 17.2 Å². The summed E-state index contributed by atoms with van der Waals surface area (Å²) >= 11 is 0. The second-order valence-corrected chi connectivity index (χ2v) is 10.6. The summed E-state index contributed by atoms with van der Waals surface area (Å²) in [7, 11) is 0. The van der Waals surface area contributed by atoms with Gasteiger partial charge in [-0.1, -0.05) is 39.8 Å². The van der Waals surface area contributed by atoms with Crippen molar-refractivity contribution in [3.05, 3.63) is 23.4 Å². The third-order valence-electron chi connectivity index (χ3n) is 6.83. The molecule has 0 bridgehead atoms. The fourth-order valence-corrected chi connectivity index (χ4v) is 4.67. The molecule has 1 aromatic heterocycles. The molecule has 34 heavy (non-hydrogen) atoms. The van der Waals surface area contributed by atoms with E-state index in [1.165, 1.54) is 6.07 Å². The largest absolute Gasteiger partial charge is 0.508 e. The Balaban J connectivity index is 1.95. The van der Waals surface area contributed by atoms with Crippen molar-refractivity contribution in [1.82, 2.24) is 10.5 Å². The van der Waals surface area contributed by atoms with Crippen molar-refractivity contribution in [3.8, 4) is 22.8 Å². The van der Waals surface area contributed by atoms with Crippen molar-refractivity contribution in [2.24, 2.45) is 17.3 Å². The molecule has 1 fully saturated rings. The van der Waals surface area contributed by atoms with E-state index in [4.69, 9.17) is 4.52 Å². The fraction of sp³-hybridized carbons (Fsp3) is 0.577. The number of benzene rings is 1. The predicted molar refractivity (Wildman–Crippen MR) is 131 cm³/mol. The van der Waals surface area contributed by atoms with Gasteiger partial charge in [0.2, 0.25) is 5.91 Å². The molecule has 8 nitrogen and oxygen atoms in total. The van der Waals surface area contributed by atoms with Gasteiger partial charge in [0.05, 0.1) is 5.56 Å². The number of nitrogens with zero attached hydrogens (tertiary/aromatic N) is 1. The Bertz CT molecular complexity index is 1040. The maximum Gasteiger partial charge on any atom is 0.275 e. The topological polar surface area (TPSA) is 125 Å². The lowest BCUT2D eigenvalue weighted by atomic mass is 9.69. The van der Waals surface area contributed by atoms with Crippen LogP contribution in [0.3, 0.4) is 0 Å². The molecule has 1 aromatic carbocycles. The molecular formula is C26H37N3O5. The quantitative estimate of drug-likeness (QED) is 0.446. The Labute approximate surface area is 201 Å². The first-order valence-corrected chi connectivity index (χ1v) is 12.1. The van der Waals surface area contributed by atoms with Crippen LogP contribution < -0.4 is 10.6 Å². The molecule has 1 aliphatic rings. The van der Waals surface area contributed by atoms with E-state index in [1.54, 1.807) is 13.0 Å². The molecular weight excluding hydrogens is 434 g/mol. The number of nitrogens with one attached hydrogen (secondary N) is 2. The molecule has 0 unspecified atom stereocenters. The van der Waals surface area contributed by atoms with Crippen LogP contribution in [-0.2, 0) is 4.79 Å². The normalized spacial score (nSPS) is 18.7. The molecule has 4 N–H and O–H groups in total. The van der Waals surface area contributed by atoms with E-state index in [1.807, 2.05) is 13.8 Å². The number of aromatic hydroxyl groups is 2. The number of hydrogen-bond acceptors (Lipinski definition) is 6. The summed E-state index contributed by atoms with van der Waals surface area (Å²) in [6, 6.07) is 2.83. The highest BCUT2D eigenvalue weighted by Crippen LogP contribution is 2.43. The maximum atomic E-state index is 13.2. The minimum absolute atomic E-state index is 0.0267. The average Bonchev–Trinajstić information content (AvgIpc) is 3.16. The van der Waals surface area contributed by atoms with Crippen molar-refractivity contribution in [2.75, 3.05) is 11.9 Å². The molecule has 0 spiro atoms. The first-order chi connectivity index (χ1) is 15.9. The third-order valence-corrected chi connectivity index (χ3v) is 6.83. The van der Waals surface area contributed by atoms with E-state index in [0.717, 1.165) is 25.7 Å². The highest BCUT2D eigenvalue weighted by Gasteiger charge is 2.34. The van der Waals surface area contributed by atoms with Crippen molar-refractivity contribution in [3.63, 3.8) is 0 Å². The molecule has 0 radical (unpaired) electrons. The second-order valence-electron chi connectivity index (χ2n) is 10.6. The Morgan fingerprint density at radius 2 is 1.76 bits per heavy atom. The van der Waals surface area contributed by atoms with E-state index in [9.17, 15) is 19.8 Å². The lowest BCUT2D eigenvalue weighted by Gasteiger charge is -2.36. The molecule has 0 aliphatic heterocycles. The Morgan fingerprint density at radius 1 is 1.12 bits per heavy atom. The average molecular weight is 472 g/mol. The van der Waals surface area contributed by atoms with Gasteiger partial charge in [-0.25, -0.2) is 0 Å². The Kier molecular flexibility index (Phi) is 7.58. The Hall–Kier alpha value is -3.03. The lowest BCUT2D eigenvalue weighted by molar-refractivity contribution is -0.121. The van der Waals surface area contributed by atoms with Gasteiger partial charge in [-0.05, 0) is 61.5 Å². The van der Waals surface area contributed by atoms with Gasteiger partial charge in [-0.2, -0.15) is 0 Å². The number of amides is 2. The van der Waals surface area contributed by atoms with Crippen LogP contribution in [0.25, 0.3) is 11.3 Å². The van der Waals surface area contributed by atoms with Gasteiger partial charge < -0.3 is 25.4 Å². The maximum absolute atomic E-state index is 13.2. The summed E-state index contributed by atoms with van der Waals surface area (Å²) in [5.41, 5.74) is 1.13. The minimum Gasteiger partial charge on any atom is -0.508 e. The summed E-state index contributed by atoms with van der Waals surface area (Å²) in [5, 5.41) is 30.3. The first-order valence-electron chi connectivity index (χ1n) is 12.1. The number of rotatable bonds is 6. The van der Waals surface area contributed by atoms with Gasteiger partial charge in [0, 0.05) is 18.5 Å². The van der Waals surface area contributed by atoms with Crippen molar-refractivity contribution >= 4 is 17.5 Å². The lowest BCUT2D eigenvalue weighted by Crippen LogP contribution is -2.32. The highest BCUT2D eigenvalue weighted by molar-refractivity contribution is 6.06. The predicted octanol–water partition coefficient (Wildman–Crippen LogP) is 5.42. The number of aromatic nitrogens is 1. The molecule has 0 atom stereocenters. The van der Waals surface area contributed by atoms with Gasteiger partial charge in [-0.3, -0.25) is 9.59 Å². The zero-order valence-electron chi connectivity index (χ0n) is 21.0. The number of phenols is 2. The van der Waals surface area contributed by atoms with Crippen LogP contribution in [0.1, 0.15) is 89.2 Å². The zero-order valence-corrected chi connectivity index (χ0v) is 21.0. The van der Waals surface area contributed by atoms with Crippen molar-refractivity contribution < 1.29 is 24.3 Å². The van der Waals surface area contributed by atoms with Gasteiger partial charge >= 0.3 is 0 Å². The van der Waals surface area contributed by atoms with Crippen molar-refractivity contribution in [1.29, 1.82) is 0 Å². The summed E-state index contributed by atoms with van der Waals surface area (Å²) in [6.07, 6.45) is 3.48. The molecule has 1 heterocycles. The van der Waals surface area contributed by atoms with Crippen molar-refractivity contribution in [2.45, 2.75) is 73.1 Å². The summed E-state index contributed by atoms with van der Waals surface area (Å²) in [4.78, 5) is 25.9. The molecule has 1 aliphatic carbocycles. The van der Waals surface area contributed by atoms with Crippen LogP contribution in [-0.4, -0.2) is 33.7 Å². The minimum atomic E-state index is -0.480. The zero-order chi connectivity index (χ0) is 25.2. The van der Waals surface area contributed by atoms with Crippen LogP contribution in [0.2, 0.25) is 0 Å². The molecule has 3 rings (SSSR count). The van der Waals surface area contributed by atoms with E-state index in [0.29, 0.717) is 18.0 Å². The molecule has 2 amide bonds.